The smallest absolute Gasteiger partial charge is 0.194 e. The molecule has 0 N–H and O–H groups in total. The minimum absolute atomic E-state index is 0.157. The third kappa shape index (κ3) is 1.71. The molecular formula is C16H11O3. The lowest BCUT2D eigenvalue weighted by Gasteiger charge is -2.18. The van der Waals surface area contributed by atoms with Gasteiger partial charge in [-0.1, -0.05) is 30.3 Å². The van der Waals surface area contributed by atoms with Gasteiger partial charge in [-0.3, -0.25) is 9.59 Å². The Morgan fingerprint density at radius 1 is 0.789 bits per heavy atom. The zero-order chi connectivity index (χ0) is 13.6. The van der Waals surface area contributed by atoms with Gasteiger partial charge in [-0.05, 0) is 24.6 Å². The Morgan fingerprint density at radius 2 is 1.32 bits per heavy atom. The van der Waals surface area contributed by atoms with Gasteiger partial charge in [0.15, 0.2) is 11.6 Å². The highest BCUT2D eigenvalue weighted by molar-refractivity contribution is 6.28. The molecule has 0 amide bonds. The number of rotatable bonds is 1. The molecule has 19 heavy (non-hydrogen) atoms. The third-order valence-corrected chi connectivity index (χ3v) is 3.42. The van der Waals surface area contributed by atoms with E-state index in [2.05, 4.69) is 0 Å². The predicted octanol–water partition coefficient (Wildman–Crippen LogP) is 2.95. The third-order valence-electron chi connectivity index (χ3n) is 3.42. The van der Waals surface area contributed by atoms with Gasteiger partial charge in [0.25, 0.3) is 0 Å². The average molecular weight is 251 g/mol. The molecule has 0 heterocycles. The second-order valence-electron chi connectivity index (χ2n) is 4.65. The Balaban J connectivity index is 2.24. The molecule has 1 radical (unpaired) electrons. The van der Waals surface area contributed by atoms with Crippen molar-refractivity contribution in [2.45, 2.75) is 13.0 Å². The van der Waals surface area contributed by atoms with Crippen LogP contribution in [-0.4, -0.2) is 11.6 Å². The van der Waals surface area contributed by atoms with Gasteiger partial charge in [0.1, 0.15) is 6.10 Å². The molecule has 0 aromatic heterocycles. The van der Waals surface area contributed by atoms with Crippen molar-refractivity contribution in [3.63, 3.8) is 0 Å². The molecule has 2 aromatic carbocycles. The van der Waals surface area contributed by atoms with Crippen molar-refractivity contribution in [3.8, 4) is 0 Å². The average Bonchev–Trinajstić information content (AvgIpc) is 2.44. The maximum atomic E-state index is 12.4. The fourth-order valence-corrected chi connectivity index (χ4v) is 2.37. The Kier molecular flexibility index (Phi) is 2.57. The second kappa shape index (κ2) is 4.14. The van der Waals surface area contributed by atoms with E-state index in [-0.39, 0.29) is 11.6 Å². The number of carbonyl (C=O) groups excluding carboxylic acids is 2. The summed E-state index contributed by atoms with van der Waals surface area (Å²) in [4.78, 5) is 24.7. The summed E-state index contributed by atoms with van der Waals surface area (Å²) in [5.41, 5.74) is 2.09. The summed E-state index contributed by atoms with van der Waals surface area (Å²) in [5.74, 6) is -0.344. The van der Waals surface area contributed by atoms with Gasteiger partial charge < -0.3 is 0 Å². The van der Waals surface area contributed by atoms with Gasteiger partial charge in [-0.2, -0.15) is 0 Å². The van der Waals surface area contributed by atoms with E-state index < -0.39 is 6.10 Å². The Morgan fingerprint density at radius 3 is 1.89 bits per heavy atom. The normalized spacial score (nSPS) is 14.8. The van der Waals surface area contributed by atoms with Crippen molar-refractivity contribution in [2.75, 3.05) is 0 Å². The zero-order valence-corrected chi connectivity index (χ0v) is 10.3. The van der Waals surface area contributed by atoms with Crippen LogP contribution in [0.2, 0.25) is 0 Å². The van der Waals surface area contributed by atoms with Gasteiger partial charge in [0.05, 0.1) is 0 Å². The predicted molar refractivity (Wildman–Crippen MR) is 68.9 cm³/mol. The largest absolute Gasteiger partial charge is 0.289 e. The first kappa shape index (κ1) is 11.8. The molecule has 2 aromatic rings. The molecule has 0 fully saturated rings. The molecule has 0 saturated heterocycles. The number of fused-ring (bicyclic) bond motifs is 2. The minimum atomic E-state index is -0.912. The summed E-state index contributed by atoms with van der Waals surface area (Å²) in [5, 5.41) is 11.5. The van der Waals surface area contributed by atoms with E-state index in [0.29, 0.717) is 27.8 Å². The van der Waals surface area contributed by atoms with Crippen LogP contribution >= 0.6 is 0 Å². The van der Waals surface area contributed by atoms with E-state index in [1.165, 1.54) is 6.92 Å². The van der Waals surface area contributed by atoms with Crippen LogP contribution in [0.4, 0.5) is 0 Å². The molecule has 3 nitrogen and oxygen atoms in total. The maximum Gasteiger partial charge on any atom is 0.194 e. The lowest BCUT2D eigenvalue weighted by Crippen LogP contribution is -2.21. The van der Waals surface area contributed by atoms with E-state index in [0.717, 1.165) is 0 Å². The first-order valence-electron chi connectivity index (χ1n) is 6.08. The van der Waals surface area contributed by atoms with E-state index in [1.54, 1.807) is 42.5 Å². The van der Waals surface area contributed by atoms with Crippen LogP contribution in [0.15, 0.2) is 42.5 Å². The summed E-state index contributed by atoms with van der Waals surface area (Å²) in [6.07, 6.45) is -0.912. The Bertz CT molecular complexity index is 699. The molecule has 3 heteroatoms. The summed E-state index contributed by atoms with van der Waals surface area (Å²) in [6.45, 7) is 1.52. The van der Waals surface area contributed by atoms with Crippen LogP contribution in [0, 0.1) is 0 Å². The standard InChI is InChI=1S/C16H11O3/c1-9(17)10-6-7-13-14(8-10)16(19)12-5-3-2-4-11(12)15(13)18/h2-9H,1H3. The fourth-order valence-electron chi connectivity index (χ4n) is 2.37. The van der Waals surface area contributed by atoms with Gasteiger partial charge in [-0.15, -0.1) is 0 Å². The summed E-state index contributed by atoms with van der Waals surface area (Å²) in [7, 11) is 0. The van der Waals surface area contributed by atoms with Gasteiger partial charge in [0, 0.05) is 22.3 Å². The number of benzene rings is 2. The summed E-state index contributed by atoms with van der Waals surface area (Å²) >= 11 is 0. The van der Waals surface area contributed by atoms with Crippen molar-refractivity contribution in [1.82, 2.24) is 0 Å². The Labute approximate surface area is 110 Å². The first-order chi connectivity index (χ1) is 9.09. The molecule has 1 unspecified atom stereocenters. The number of hydrogen-bond donors (Lipinski definition) is 0. The highest BCUT2D eigenvalue weighted by atomic mass is 16.3. The maximum absolute atomic E-state index is 12.4. The summed E-state index contributed by atoms with van der Waals surface area (Å²) in [6, 6.07) is 11.5. The lowest BCUT2D eigenvalue weighted by molar-refractivity contribution is 0.0974. The quantitative estimate of drug-likeness (QED) is 0.667. The number of ketones is 2. The van der Waals surface area contributed by atoms with E-state index >= 15 is 0 Å². The molecule has 1 aliphatic rings. The number of carbonyl (C=O) groups is 2. The SMILES string of the molecule is CC([O])c1ccc2c(c1)C(=O)c1ccccc1C2=O. The molecule has 0 spiro atoms. The molecule has 0 bridgehead atoms. The van der Waals surface area contributed by atoms with Crippen molar-refractivity contribution in [1.29, 1.82) is 0 Å². The zero-order valence-electron chi connectivity index (χ0n) is 10.3. The van der Waals surface area contributed by atoms with Crippen molar-refractivity contribution in [3.05, 3.63) is 70.3 Å². The van der Waals surface area contributed by atoms with Crippen LogP contribution in [-0.2, 0) is 5.11 Å². The molecule has 93 valence electrons. The van der Waals surface area contributed by atoms with Crippen LogP contribution in [0.25, 0.3) is 0 Å². The number of hydrogen-bond acceptors (Lipinski definition) is 2. The van der Waals surface area contributed by atoms with Gasteiger partial charge in [0.2, 0.25) is 0 Å². The van der Waals surface area contributed by atoms with Crippen LogP contribution < -0.4 is 0 Å². The summed E-state index contributed by atoms with van der Waals surface area (Å²) < 4.78 is 0. The topological polar surface area (TPSA) is 54.0 Å². The van der Waals surface area contributed by atoms with Crippen LogP contribution in [0.3, 0.4) is 0 Å². The highest BCUT2D eigenvalue weighted by Gasteiger charge is 2.29. The first-order valence-corrected chi connectivity index (χ1v) is 6.08. The van der Waals surface area contributed by atoms with Crippen molar-refractivity contribution in [2.24, 2.45) is 0 Å². The van der Waals surface area contributed by atoms with Gasteiger partial charge in [-0.25, -0.2) is 5.11 Å². The van der Waals surface area contributed by atoms with Crippen LogP contribution in [0.5, 0.6) is 0 Å². The van der Waals surface area contributed by atoms with E-state index in [9.17, 15) is 14.7 Å². The van der Waals surface area contributed by atoms with Crippen molar-refractivity contribution < 1.29 is 14.7 Å². The molecule has 0 aliphatic heterocycles. The Hall–Kier alpha value is -2.26. The molecule has 1 atom stereocenters. The highest BCUT2D eigenvalue weighted by Crippen LogP contribution is 2.29. The van der Waals surface area contributed by atoms with Crippen LogP contribution in [0.1, 0.15) is 50.4 Å². The van der Waals surface area contributed by atoms with Gasteiger partial charge >= 0.3 is 0 Å². The monoisotopic (exact) mass is 251 g/mol. The fraction of sp³-hybridized carbons (Fsp3) is 0.125. The molecule has 1 aliphatic carbocycles. The molecule has 0 saturated carbocycles. The second-order valence-corrected chi connectivity index (χ2v) is 4.65. The minimum Gasteiger partial charge on any atom is -0.289 e. The molecular weight excluding hydrogens is 240 g/mol. The van der Waals surface area contributed by atoms with E-state index in [1.807, 2.05) is 0 Å². The molecule has 3 rings (SSSR count). The van der Waals surface area contributed by atoms with Crippen molar-refractivity contribution >= 4 is 11.6 Å². The van der Waals surface area contributed by atoms with E-state index in [4.69, 9.17) is 0 Å². The lowest BCUT2D eigenvalue weighted by atomic mass is 9.83.